The number of likely N-dealkylation sites (tertiary alicyclic amines) is 1. The fourth-order valence-corrected chi connectivity index (χ4v) is 2.87. The number of methoxy groups -OCH3 is 1. The highest BCUT2D eigenvalue weighted by Crippen LogP contribution is 2.24. The van der Waals surface area contributed by atoms with E-state index >= 15 is 0 Å². The molecule has 0 atom stereocenters. The van der Waals surface area contributed by atoms with E-state index in [0.29, 0.717) is 6.54 Å². The number of piperidine rings is 1. The molecule has 0 aromatic heterocycles. The molecule has 20 heavy (non-hydrogen) atoms. The summed E-state index contributed by atoms with van der Waals surface area (Å²) in [6.45, 7) is 7.19. The van der Waals surface area contributed by atoms with Crippen LogP contribution in [0.5, 0.6) is 5.75 Å². The Labute approximate surface area is 121 Å². The molecule has 0 bridgehead atoms. The number of benzene rings is 1. The first-order valence-corrected chi connectivity index (χ1v) is 7.49. The monoisotopic (exact) mass is 275 g/mol. The average Bonchev–Trinajstić information content (AvgIpc) is 2.47. The van der Waals surface area contributed by atoms with E-state index in [1.807, 2.05) is 24.3 Å². The summed E-state index contributed by atoms with van der Waals surface area (Å²) in [5.74, 6) is 2.51. The van der Waals surface area contributed by atoms with Crippen molar-refractivity contribution < 1.29 is 9.53 Å². The predicted octanol–water partition coefficient (Wildman–Crippen LogP) is 3.25. The number of hydrogen-bond acceptors (Lipinski definition) is 3. The lowest BCUT2D eigenvalue weighted by Gasteiger charge is -2.33. The molecule has 0 saturated carbocycles. The summed E-state index contributed by atoms with van der Waals surface area (Å²) in [4.78, 5) is 14.6. The molecular formula is C17H25NO2. The molecule has 3 nitrogen and oxygen atoms in total. The topological polar surface area (TPSA) is 29.5 Å². The minimum absolute atomic E-state index is 0.187. The Hall–Kier alpha value is -1.35. The van der Waals surface area contributed by atoms with Gasteiger partial charge in [0.2, 0.25) is 0 Å². The number of carbonyl (C=O) groups excluding carboxylic acids is 1. The molecule has 2 rings (SSSR count). The lowest BCUT2D eigenvalue weighted by atomic mass is 9.86. The first-order chi connectivity index (χ1) is 9.60. The smallest absolute Gasteiger partial charge is 0.176 e. The van der Waals surface area contributed by atoms with Crippen LogP contribution in [-0.4, -0.2) is 37.4 Å². The van der Waals surface area contributed by atoms with Gasteiger partial charge in [0.15, 0.2) is 5.78 Å². The Balaban J connectivity index is 1.89. The van der Waals surface area contributed by atoms with Gasteiger partial charge in [0, 0.05) is 5.56 Å². The third kappa shape index (κ3) is 3.83. The molecule has 1 aromatic rings. The fraction of sp³-hybridized carbons (Fsp3) is 0.588. The zero-order valence-corrected chi connectivity index (χ0v) is 12.8. The molecule has 0 radical (unpaired) electrons. The van der Waals surface area contributed by atoms with E-state index in [2.05, 4.69) is 18.7 Å². The normalized spacial score (nSPS) is 17.4. The van der Waals surface area contributed by atoms with E-state index in [1.165, 1.54) is 12.8 Å². The number of nitrogens with zero attached hydrogens (tertiary/aromatic N) is 1. The van der Waals surface area contributed by atoms with Crippen LogP contribution >= 0.6 is 0 Å². The first kappa shape index (κ1) is 15.0. The lowest BCUT2D eigenvalue weighted by Crippen LogP contribution is -2.38. The van der Waals surface area contributed by atoms with Crippen molar-refractivity contribution in [2.24, 2.45) is 11.8 Å². The van der Waals surface area contributed by atoms with Gasteiger partial charge in [-0.1, -0.05) is 26.0 Å². The van der Waals surface area contributed by atoms with Crippen LogP contribution in [0, 0.1) is 11.8 Å². The minimum atomic E-state index is 0.187. The van der Waals surface area contributed by atoms with Gasteiger partial charge in [-0.2, -0.15) is 0 Å². The third-order valence-corrected chi connectivity index (χ3v) is 4.33. The summed E-state index contributed by atoms with van der Waals surface area (Å²) in [6, 6.07) is 7.43. The first-order valence-electron chi connectivity index (χ1n) is 7.49. The zero-order valence-electron chi connectivity index (χ0n) is 12.8. The Morgan fingerprint density at radius 2 is 2.05 bits per heavy atom. The van der Waals surface area contributed by atoms with Crippen molar-refractivity contribution in [1.29, 1.82) is 0 Å². The number of hydrogen-bond donors (Lipinski definition) is 0. The lowest BCUT2D eigenvalue weighted by molar-refractivity contribution is 0.0879. The Morgan fingerprint density at radius 3 is 2.65 bits per heavy atom. The van der Waals surface area contributed by atoms with Crippen molar-refractivity contribution in [2.45, 2.75) is 26.7 Å². The second-order valence-corrected chi connectivity index (χ2v) is 6.01. The van der Waals surface area contributed by atoms with Crippen LogP contribution in [0.15, 0.2) is 24.3 Å². The summed E-state index contributed by atoms with van der Waals surface area (Å²) in [5.41, 5.74) is 0.746. The molecule has 3 heteroatoms. The highest BCUT2D eigenvalue weighted by Gasteiger charge is 2.23. The molecular weight excluding hydrogens is 250 g/mol. The molecule has 0 aliphatic carbocycles. The zero-order chi connectivity index (χ0) is 14.5. The Morgan fingerprint density at radius 1 is 1.35 bits per heavy atom. The van der Waals surface area contributed by atoms with E-state index in [-0.39, 0.29) is 5.78 Å². The van der Waals surface area contributed by atoms with E-state index in [4.69, 9.17) is 4.74 Å². The van der Waals surface area contributed by atoms with Gasteiger partial charge in [-0.15, -0.1) is 0 Å². The van der Waals surface area contributed by atoms with Gasteiger partial charge in [0.05, 0.1) is 13.7 Å². The summed E-state index contributed by atoms with van der Waals surface area (Å²) in [5, 5.41) is 0. The van der Waals surface area contributed by atoms with Gasteiger partial charge < -0.3 is 4.74 Å². The van der Waals surface area contributed by atoms with E-state index < -0.39 is 0 Å². The molecule has 1 aliphatic rings. The van der Waals surface area contributed by atoms with Gasteiger partial charge in [0.1, 0.15) is 5.75 Å². The van der Waals surface area contributed by atoms with Crippen LogP contribution in [0.1, 0.15) is 37.0 Å². The van der Waals surface area contributed by atoms with Crippen LogP contribution in [0.25, 0.3) is 0 Å². The van der Waals surface area contributed by atoms with E-state index in [0.717, 1.165) is 36.2 Å². The van der Waals surface area contributed by atoms with Crippen LogP contribution in [0.4, 0.5) is 0 Å². The number of carbonyl (C=O) groups is 1. The van der Waals surface area contributed by atoms with Crippen LogP contribution in [0.2, 0.25) is 0 Å². The van der Waals surface area contributed by atoms with Crippen molar-refractivity contribution in [1.82, 2.24) is 4.90 Å². The SMILES string of the molecule is COc1cccc(C(=O)CN2CCC(C(C)C)CC2)c1. The van der Waals surface area contributed by atoms with Gasteiger partial charge in [-0.25, -0.2) is 0 Å². The fourth-order valence-electron chi connectivity index (χ4n) is 2.87. The van der Waals surface area contributed by atoms with Crippen LogP contribution in [-0.2, 0) is 0 Å². The van der Waals surface area contributed by atoms with Gasteiger partial charge in [-0.3, -0.25) is 9.69 Å². The Bertz CT molecular complexity index is 448. The van der Waals surface area contributed by atoms with E-state index in [9.17, 15) is 4.79 Å². The van der Waals surface area contributed by atoms with Crippen molar-refractivity contribution in [2.75, 3.05) is 26.7 Å². The average molecular weight is 275 g/mol. The maximum Gasteiger partial charge on any atom is 0.176 e. The van der Waals surface area contributed by atoms with Crippen LogP contribution in [0.3, 0.4) is 0 Å². The highest BCUT2D eigenvalue weighted by molar-refractivity contribution is 5.97. The van der Waals surface area contributed by atoms with Gasteiger partial charge in [-0.05, 0) is 49.9 Å². The van der Waals surface area contributed by atoms with Crippen molar-refractivity contribution >= 4 is 5.78 Å². The number of ether oxygens (including phenoxy) is 1. The predicted molar refractivity (Wildman–Crippen MR) is 81.3 cm³/mol. The minimum Gasteiger partial charge on any atom is -0.497 e. The maximum absolute atomic E-state index is 12.3. The largest absolute Gasteiger partial charge is 0.497 e. The van der Waals surface area contributed by atoms with Gasteiger partial charge >= 0.3 is 0 Å². The molecule has 1 aliphatic heterocycles. The van der Waals surface area contributed by atoms with Crippen LogP contribution < -0.4 is 4.74 Å². The summed E-state index contributed by atoms with van der Waals surface area (Å²) in [6.07, 6.45) is 2.42. The molecule has 1 saturated heterocycles. The molecule has 1 fully saturated rings. The highest BCUT2D eigenvalue weighted by atomic mass is 16.5. The molecule has 0 unspecified atom stereocenters. The molecule has 1 aromatic carbocycles. The molecule has 0 spiro atoms. The third-order valence-electron chi connectivity index (χ3n) is 4.33. The van der Waals surface area contributed by atoms with Crippen molar-refractivity contribution in [3.8, 4) is 5.75 Å². The summed E-state index contributed by atoms with van der Waals surface area (Å²) >= 11 is 0. The molecule has 0 amide bonds. The number of rotatable bonds is 5. The van der Waals surface area contributed by atoms with E-state index in [1.54, 1.807) is 7.11 Å². The Kier molecular flexibility index (Phi) is 5.18. The van der Waals surface area contributed by atoms with Crippen molar-refractivity contribution in [3.63, 3.8) is 0 Å². The van der Waals surface area contributed by atoms with Gasteiger partial charge in [0.25, 0.3) is 0 Å². The standard InChI is InChI=1S/C17H25NO2/c1-13(2)14-7-9-18(10-8-14)12-17(19)15-5-4-6-16(11-15)20-3/h4-6,11,13-14H,7-10,12H2,1-3H3. The molecule has 0 N–H and O–H groups in total. The number of Topliss-reactive ketones (excluding diaryl/α,β-unsaturated/α-hetero) is 1. The second kappa shape index (κ2) is 6.89. The van der Waals surface area contributed by atoms with Crippen molar-refractivity contribution in [3.05, 3.63) is 29.8 Å². The molecule has 1 heterocycles. The second-order valence-electron chi connectivity index (χ2n) is 6.01. The number of ketones is 1. The quantitative estimate of drug-likeness (QED) is 0.773. The summed E-state index contributed by atoms with van der Waals surface area (Å²) < 4.78 is 5.17. The molecule has 110 valence electrons. The maximum atomic E-state index is 12.3. The summed E-state index contributed by atoms with van der Waals surface area (Å²) in [7, 11) is 1.63.